The van der Waals surface area contributed by atoms with Crippen molar-refractivity contribution < 1.29 is 14.2 Å². The average molecular weight is 234 g/mol. The first kappa shape index (κ1) is 13.4. The van der Waals surface area contributed by atoms with Crippen molar-refractivity contribution in [3.05, 3.63) is 23.8 Å². The maximum Gasteiger partial charge on any atom is 0.160 e. The topological polar surface area (TPSA) is 27.7 Å². The minimum Gasteiger partial charge on any atom is -0.493 e. The Hall–Kier alpha value is -1.66. The summed E-state index contributed by atoms with van der Waals surface area (Å²) in [6, 6.07) is 5.88. The van der Waals surface area contributed by atoms with Gasteiger partial charge in [-0.05, 0) is 31.0 Å². The van der Waals surface area contributed by atoms with Crippen LogP contribution >= 0.6 is 0 Å². The van der Waals surface area contributed by atoms with E-state index in [1.165, 1.54) is 0 Å². The van der Waals surface area contributed by atoms with Gasteiger partial charge in [-0.15, -0.1) is 5.92 Å². The lowest BCUT2D eigenvalue weighted by atomic mass is 10.1. The van der Waals surface area contributed by atoms with Gasteiger partial charge in [0.05, 0.1) is 20.8 Å². The molecular weight excluding hydrogens is 216 g/mol. The van der Waals surface area contributed by atoms with Crippen LogP contribution < -0.4 is 9.47 Å². The van der Waals surface area contributed by atoms with E-state index >= 15 is 0 Å². The first-order chi connectivity index (χ1) is 8.31. The number of hydrogen-bond acceptors (Lipinski definition) is 3. The van der Waals surface area contributed by atoms with E-state index in [9.17, 15) is 0 Å². The van der Waals surface area contributed by atoms with Crippen molar-refractivity contribution in [1.29, 1.82) is 0 Å². The van der Waals surface area contributed by atoms with Crippen LogP contribution in [0.4, 0.5) is 0 Å². The Balaban J connectivity index is 2.50. The molecule has 0 saturated heterocycles. The van der Waals surface area contributed by atoms with Gasteiger partial charge in [0, 0.05) is 0 Å². The van der Waals surface area contributed by atoms with E-state index in [0.717, 1.165) is 23.5 Å². The molecule has 0 N–H and O–H groups in total. The van der Waals surface area contributed by atoms with Crippen molar-refractivity contribution in [3.63, 3.8) is 0 Å². The van der Waals surface area contributed by atoms with Crippen molar-refractivity contribution in [2.24, 2.45) is 0 Å². The molecule has 0 heterocycles. The third kappa shape index (κ3) is 4.38. The van der Waals surface area contributed by atoms with Crippen LogP contribution in [0.2, 0.25) is 0 Å². The van der Waals surface area contributed by atoms with Crippen LogP contribution in [-0.2, 0) is 11.2 Å². The molecule has 92 valence electrons. The quantitative estimate of drug-likeness (QED) is 0.558. The average Bonchev–Trinajstić information content (AvgIpc) is 2.38. The fourth-order valence-corrected chi connectivity index (χ4v) is 1.42. The smallest absolute Gasteiger partial charge is 0.160 e. The van der Waals surface area contributed by atoms with Gasteiger partial charge in [0.15, 0.2) is 11.5 Å². The minimum atomic E-state index is 0.490. The molecule has 0 aliphatic carbocycles. The molecular formula is C14H18O3. The Morgan fingerprint density at radius 2 is 1.88 bits per heavy atom. The second-order valence-corrected chi connectivity index (χ2v) is 3.42. The molecule has 17 heavy (non-hydrogen) atoms. The fourth-order valence-electron chi connectivity index (χ4n) is 1.42. The zero-order valence-corrected chi connectivity index (χ0v) is 10.6. The molecule has 1 aromatic carbocycles. The number of methoxy groups -OCH3 is 2. The summed E-state index contributed by atoms with van der Waals surface area (Å²) in [7, 11) is 3.26. The summed E-state index contributed by atoms with van der Waals surface area (Å²) in [6.45, 7) is 2.95. The van der Waals surface area contributed by atoms with E-state index in [-0.39, 0.29) is 0 Å². The Labute approximate surface area is 103 Å². The molecule has 3 nitrogen and oxygen atoms in total. The van der Waals surface area contributed by atoms with Gasteiger partial charge in [0.1, 0.15) is 6.61 Å². The number of benzene rings is 1. The molecule has 0 aromatic heterocycles. The SMILES string of the molecule is CC#CCOCCc1ccc(OC)c(OC)c1. The van der Waals surface area contributed by atoms with Gasteiger partial charge in [0.2, 0.25) is 0 Å². The second-order valence-electron chi connectivity index (χ2n) is 3.42. The van der Waals surface area contributed by atoms with Crippen LogP contribution in [0.15, 0.2) is 18.2 Å². The summed E-state index contributed by atoms with van der Waals surface area (Å²) in [5, 5.41) is 0. The van der Waals surface area contributed by atoms with Crippen molar-refractivity contribution >= 4 is 0 Å². The van der Waals surface area contributed by atoms with Gasteiger partial charge in [0.25, 0.3) is 0 Å². The van der Waals surface area contributed by atoms with Crippen LogP contribution in [0.5, 0.6) is 11.5 Å². The van der Waals surface area contributed by atoms with Crippen LogP contribution in [0.25, 0.3) is 0 Å². The summed E-state index contributed by atoms with van der Waals surface area (Å²) in [6.07, 6.45) is 0.839. The molecule has 1 rings (SSSR count). The lowest BCUT2D eigenvalue weighted by molar-refractivity contribution is 0.170. The van der Waals surface area contributed by atoms with E-state index in [0.29, 0.717) is 13.2 Å². The van der Waals surface area contributed by atoms with Crippen LogP contribution in [0.1, 0.15) is 12.5 Å². The van der Waals surface area contributed by atoms with Gasteiger partial charge in [-0.3, -0.25) is 0 Å². The number of rotatable bonds is 6. The molecule has 1 aromatic rings. The van der Waals surface area contributed by atoms with E-state index in [2.05, 4.69) is 11.8 Å². The van der Waals surface area contributed by atoms with Gasteiger partial charge in [-0.2, -0.15) is 0 Å². The van der Waals surface area contributed by atoms with E-state index in [1.54, 1.807) is 21.1 Å². The Morgan fingerprint density at radius 1 is 1.12 bits per heavy atom. The molecule has 0 radical (unpaired) electrons. The summed E-state index contributed by atoms with van der Waals surface area (Å²) >= 11 is 0. The van der Waals surface area contributed by atoms with Crippen LogP contribution in [0.3, 0.4) is 0 Å². The van der Waals surface area contributed by atoms with Gasteiger partial charge >= 0.3 is 0 Å². The van der Waals surface area contributed by atoms with Crippen LogP contribution in [-0.4, -0.2) is 27.4 Å². The van der Waals surface area contributed by atoms with Gasteiger partial charge in [-0.25, -0.2) is 0 Å². The lowest BCUT2D eigenvalue weighted by Gasteiger charge is -2.09. The van der Waals surface area contributed by atoms with Crippen molar-refractivity contribution in [2.75, 3.05) is 27.4 Å². The predicted octanol–water partition coefficient (Wildman–Crippen LogP) is 2.29. The molecule has 0 bridgehead atoms. The molecule has 0 aliphatic heterocycles. The third-order valence-corrected chi connectivity index (χ3v) is 2.33. The molecule has 0 fully saturated rings. The molecule has 0 saturated carbocycles. The largest absolute Gasteiger partial charge is 0.493 e. The monoisotopic (exact) mass is 234 g/mol. The highest BCUT2D eigenvalue weighted by Gasteiger charge is 2.04. The predicted molar refractivity (Wildman–Crippen MR) is 67.5 cm³/mol. The van der Waals surface area contributed by atoms with Crippen molar-refractivity contribution in [3.8, 4) is 23.3 Å². The number of ether oxygens (including phenoxy) is 3. The van der Waals surface area contributed by atoms with E-state index in [1.807, 2.05) is 18.2 Å². The zero-order valence-electron chi connectivity index (χ0n) is 10.6. The Kier molecular flexibility index (Phi) is 5.98. The second kappa shape index (κ2) is 7.59. The maximum absolute atomic E-state index is 5.36. The minimum absolute atomic E-state index is 0.490. The van der Waals surface area contributed by atoms with Crippen LogP contribution in [0, 0.1) is 11.8 Å². The lowest BCUT2D eigenvalue weighted by Crippen LogP contribution is -1.99. The maximum atomic E-state index is 5.36. The Bertz CT molecular complexity index is 402. The number of hydrogen-bond donors (Lipinski definition) is 0. The summed E-state index contributed by atoms with van der Waals surface area (Å²) in [5.74, 6) is 7.14. The summed E-state index contributed by atoms with van der Waals surface area (Å²) < 4.78 is 15.8. The van der Waals surface area contributed by atoms with E-state index in [4.69, 9.17) is 14.2 Å². The third-order valence-electron chi connectivity index (χ3n) is 2.33. The van der Waals surface area contributed by atoms with E-state index < -0.39 is 0 Å². The highest BCUT2D eigenvalue weighted by atomic mass is 16.5. The highest BCUT2D eigenvalue weighted by molar-refractivity contribution is 5.42. The highest BCUT2D eigenvalue weighted by Crippen LogP contribution is 2.27. The van der Waals surface area contributed by atoms with Gasteiger partial charge in [-0.1, -0.05) is 12.0 Å². The zero-order chi connectivity index (χ0) is 12.5. The first-order valence-corrected chi connectivity index (χ1v) is 5.50. The van der Waals surface area contributed by atoms with Crippen molar-refractivity contribution in [1.82, 2.24) is 0 Å². The summed E-state index contributed by atoms with van der Waals surface area (Å²) in [5.41, 5.74) is 1.16. The summed E-state index contributed by atoms with van der Waals surface area (Å²) in [4.78, 5) is 0. The fraction of sp³-hybridized carbons (Fsp3) is 0.429. The molecule has 0 amide bonds. The molecule has 0 spiro atoms. The molecule has 0 aliphatic rings. The molecule has 0 atom stereocenters. The normalized spacial score (nSPS) is 9.35. The standard InChI is InChI=1S/C14H18O3/c1-4-5-9-17-10-8-12-6-7-13(15-2)14(11-12)16-3/h6-7,11H,8-10H2,1-3H3. The first-order valence-electron chi connectivity index (χ1n) is 5.50. The molecule has 3 heteroatoms. The van der Waals surface area contributed by atoms with Gasteiger partial charge < -0.3 is 14.2 Å². The molecule has 0 unspecified atom stereocenters. The Morgan fingerprint density at radius 3 is 2.53 bits per heavy atom. The van der Waals surface area contributed by atoms with Crippen molar-refractivity contribution in [2.45, 2.75) is 13.3 Å².